The van der Waals surface area contributed by atoms with Gasteiger partial charge in [0.25, 0.3) is 15.9 Å². The third-order valence-electron chi connectivity index (χ3n) is 5.78. The molecule has 1 saturated heterocycles. The van der Waals surface area contributed by atoms with E-state index in [1.165, 1.54) is 54.6 Å². The molecule has 0 bridgehead atoms. The van der Waals surface area contributed by atoms with Crippen LogP contribution in [0.2, 0.25) is 0 Å². The summed E-state index contributed by atoms with van der Waals surface area (Å²) < 4.78 is 54.8. The minimum absolute atomic E-state index is 0.161. The van der Waals surface area contributed by atoms with Crippen LogP contribution in [-0.2, 0) is 10.0 Å². The topological polar surface area (TPSA) is 93.5 Å². The van der Waals surface area contributed by atoms with Crippen molar-refractivity contribution in [1.82, 2.24) is 9.80 Å². The SMILES string of the molecule is N#CC(c1ccc(F)cc1)N1CCN(C(=O)c2cccc(S(=O)(=O)Nc3ccccc3F)c2)CC1. The number of halogens is 2. The van der Waals surface area contributed by atoms with Crippen LogP contribution >= 0.6 is 0 Å². The number of carbonyl (C=O) groups excluding carboxylic acids is 1. The van der Waals surface area contributed by atoms with Gasteiger partial charge in [0, 0.05) is 31.7 Å². The van der Waals surface area contributed by atoms with E-state index in [4.69, 9.17) is 0 Å². The molecule has 1 fully saturated rings. The molecule has 1 amide bonds. The molecule has 0 radical (unpaired) electrons. The number of anilines is 1. The van der Waals surface area contributed by atoms with Crippen LogP contribution in [0, 0.1) is 23.0 Å². The van der Waals surface area contributed by atoms with E-state index in [0.29, 0.717) is 31.7 Å². The van der Waals surface area contributed by atoms with Crippen LogP contribution in [0.4, 0.5) is 14.5 Å². The van der Waals surface area contributed by atoms with Gasteiger partial charge in [-0.25, -0.2) is 17.2 Å². The van der Waals surface area contributed by atoms with Gasteiger partial charge in [-0.2, -0.15) is 5.26 Å². The van der Waals surface area contributed by atoms with Crippen molar-refractivity contribution < 1.29 is 22.0 Å². The van der Waals surface area contributed by atoms with Crippen molar-refractivity contribution in [3.63, 3.8) is 0 Å². The predicted molar refractivity (Wildman–Crippen MR) is 126 cm³/mol. The molecule has 3 aromatic carbocycles. The van der Waals surface area contributed by atoms with Gasteiger partial charge in [-0.1, -0.05) is 30.3 Å². The van der Waals surface area contributed by atoms with Crippen molar-refractivity contribution >= 4 is 21.6 Å². The predicted octanol–water partition coefficient (Wildman–Crippen LogP) is 3.79. The van der Waals surface area contributed by atoms with Crippen molar-refractivity contribution in [1.29, 1.82) is 5.26 Å². The molecule has 1 unspecified atom stereocenters. The summed E-state index contributed by atoms with van der Waals surface area (Å²) in [5, 5.41) is 9.63. The number of nitriles is 1. The molecule has 1 atom stereocenters. The summed E-state index contributed by atoms with van der Waals surface area (Å²) in [6, 6.07) is 18.4. The fraction of sp³-hybridized carbons (Fsp3) is 0.200. The van der Waals surface area contributed by atoms with Gasteiger partial charge in [0.05, 0.1) is 16.7 Å². The highest BCUT2D eigenvalue weighted by Crippen LogP contribution is 2.24. The molecule has 1 aliphatic heterocycles. The Kier molecular flexibility index (Phi) is 7.10. The Morgan fingerprint density at radius 3 is 2.29 bits per heavy atom. The highest BCUT2D eigenvalue weighted by Gasteiger charge is 2.28. The van der Waals surface area contributed by atoms with Crippen LogP contribution in [-0.4, -0.2) is 50.3 Å². The average Bonchev–Trinajstić information content (AvgIpc) is 2.87. The number of amides is 1. The number of nitrogens with zero attached hydrogens (tertiary/aromatic N) is 3. The minimum Gasteiger partial charge on any atom is -0.336 e. The second-order valence-corrected chi connectivity index (χ2v) is 9.71. The number of piperazine rings is 1. The molecule has 35 heavy (non-hydrogen) atoms. The number of sulfonamides is 1. The fourth-order valence-electron chi connectivity index (χ4n) is 3.92. The number of nitrogens with one attached hydrogen (secondary N) is 1. The third kappa shape index (κ3) is 5.48. The average molecular weight is 497 g/mol. The monoisotopic (exact) mass is 496 g/mol. The van der Waals surface area contributed by atoms with Gasteiger partial charge in [-0.05, 0) is 48.0 Å². The van der Waals surface area contributed by atoms with Crippen molar-refractivity contribution in [3.05, 3.63) is 95.6 Å². The standard InChI is InChI=1S/C25H22F2N4O3S/c26-20-10-8-18(9-11-20)24(17-28)30-12-14-31(15-13-30)25(32)19-4-3-5-21(16-19)35(33,34)29-23-7-2-1-6-22(23)27/h1-11,16,24,29H,12-15H2. The molecule has 1 N–H and O–H groups in total. The maximum atomic E-state index is 13.9. The van der Waals surface area contributed by atoms with Gasteiger partial charge in [-0.15, -0.1) is 0 Å². The third-order valence-corrected chi connectivity index (χ3v) is 7.15. The molecule has 4 rings (SSSR count). The molecule has 0 saturated carbocycles. The summed E-state index contributed by atoms with van der Waals surface area (Å²) in [4.78, 5) is 16.4. The van der Waals surface area contributed by atoms with Gasteiger partial charge in [0.15, 0.2) is 0 Å². The number of hydrogen-bond acceptors (Lipinski definition) is 5. The number of carbonyl (C=O) groups is 1. The summed E-state index contributed by atoms with van der Waals surface area (Å²) >= 11 is 0. The number of hydrogen-bond donors (Lipinski definition) is 1. The molecule has 0 spiro atoms. The first-order valence-electron chi connectivity index (χ1n) is 10.8. The maximum Gasteiger partial charge on any atom is 0.262 e. The van der Waals surface area contributed by atoms with E-state index in [9.17, 15) is 27.3 Å². The molecule has 3 aromatic rings. The quantitative estimate of drug-likeness (QED) is 0.561. The molecule has 7 nitrogen and oxygen atoms in total. The minimum atomic E-state index is -4.11. The zero-order chi connectivity index (χ0) is 25.0. The van der Waals surface area contributed by atoms with E-state index in [2.05, 4.69) is 10.8 Å². The molecular formula is C25H22F2N4O3S. The highest BCUT2D eigenvalue weighted by atomic mass is 32.2. The van der Waals surface area contributed by atoms with E-state index < -0.39 is 21.9 Å². The number of para-hydroxylation sites is 1. The summed E-state index contributed by atoms with van der Waals surface area (Å²) in [6.45, 7) is 1.52. The first kappa shape index (κ1) is 24.3. The molecule has 1 aliphatic rings. The van der Waals surface area contributed by atoms with Gasteiger partial charge in [0.2, 0.25) is 0 Å². The van der Waals surface area contributed by atoms with E-state index in [1.807, 2.05) is 4.90 Å². The molecular weight excluding hydrogens is 474 g/mol. The molecule has 10 heteroatoms. The zero-order valence-corrected chi connectivity index (χ0v) is 19.4. The second kappa shape index (κ2) is 10.2. The van der Waals surface area contributed by atoms with Crippen molar-refractivity contribution in [3.8, 4) is 6.07 Å². The summed E-state index contributed by atoms with van der Waals surface area (Å²) in [5.74, 6) is -1.44. The molecule has 0 aliphatic carbocycles. The van der Waals surface area contributed by atoms with Crippen LogP contribution in [0.25, 0.3) is 0 Å². The van der Waals surface area contributed by atoms with Crippen molar-refractivity contribution in [2.75, 3.05) is 30.9 Å². The first-order chi connectivity index (χ1) is 16.8. The van der Waals surface area contributed by atoms with Gasteiger partial charge in [0.1, 0.15) is 17.7 Å². The van der Waals surface area contributed by atoms with Crippen LogP contribution in [0.3, 0.4) is 0 Å². The Labute approximate surface area is 202 Å². The number of benzene rings is 3. The first-order valence-corrected chi connectivity index (χ1v) is 12.3. The second-order valence-electron chi connectivity index (χ2n) is 8.02. The van der Waals surface area contributed by atoms with Gasteiger partial charge >= 0.3 is 0 Å². The Morgan fingerprint density at radius 1 is 0.943 bits per heavy atom. The van der Waals surface area contributed by atoms with Crippen LogP contribution in [0.5, 0.6) is 0 Å². The molecule has 0 aromatic heterocycles. The number of rotatable bonds is 6. The normalized spacial score (nSPS) is 15.3. The Morgan fingerprint density at radius 2 is 1.63 bits per heavy atom. The lowest BCUT2D eigenvalue weighted by Gasteiger charge is -2.37. The Balaban J connectivity index is 1.44. The summed E-state index contributed by atoms with van der Waals surface area (Å²) in [5.41, 5.74) is 0.674. The zero-order valence-electron chi connectivity index (χ0n) is 18.6. The largest absolute Gasteiger partial charge is 0.336 e. The lowest BCUT2D eigenvalue weighted by Crippen LogP contribution is -2.49. The van der Waals surface area contributed by atoms with Gasteiger partial charge < -0.3 is 4.90 Å². The van der Waals surface area contributed by atoms with E-state index in [-0.39, 0.29) is 27.9 Å². The van der Waals surface area contributed by atoms with Crippen molar-refractivity contribution in [2.45, 2.75) is 10.9 Å². The van der Waals surface area contributed by atoms with E-state index in [1.54, 1.807) is 17.0 Å². The molecule has 180 valence electrons. The maximum absolute atomic E-state index is 13.9. The summed E-state index contributed by atoms with van der Waals surface area (Å²) in [6.07, 6.45) is 0. The molecule has 1 heterocycles. The van der Waals surface area contributed by atoms with Crippen LogP contribution in [0.1, 0.15) is 22.0 Å². The van der Waals surface area contributed by atoms with E-state index >= 15 is 0 Å². The highest BCUT2D eigenvalue weighted by molar-refractivity contribution is 7.92. The lowest BCUT2D eigenvalue weighted by atomic mass is 10.1. The van der Waals surface area contributed by atoms with Crippen LogP contribution in [0.15, 0.2) is 77.7 Å². The van der Waals surface area contributed by atoms with E-state index in [0.717, 1.165) is 6.07 Å². The van der Waals surface area contributed by atoms with Gasteiger partial charge in [-0.3, -0.25) is 14.4 Å². The smallest absolute Gasteiger partial charge is 0.262 e. The Bertz CT molecular complexity index is 1370. The van der Waals surface area contributed by atoms with Crippen LogP contribution < -0.4 is 4.72 Å². The van der Waals surface area contributed by atoms with Crippen molar-refractivity contribution in [2.24, 2.45) is 0 Å². The lowest BCUT2D eigenvalue weighted by molar-refractivity contribution is 0.0606. The Hall–Kier alpha value is -3.81. The summed E-state index contributed by atoms with van der Waals surface area (Å²) in [7, 11) is -4.11. The fourth-order valence-corrected chi connectivity index (χ4v) is 5.03.